The van der Waals surface area contributed by atoms with Gasteiger partial charge in [-0.15, -0.1) is 10.2 Å². The molecule has 0 bridgehead atoms. The van der Waals surface area contributed by atoms with E-state index in [1.54, 1.807) is 23.5 Å². The summed E-state index contributed by atoms with van der Waals surface area (Å²) in [5, 5.41) is 15.5. The number of hydrogen-bond donors (Lipinski definition) is 2. The highest BCUT2D eigenvalue weighted by Crippen LogP contribution is 2.21. The molecule has 10 nitrogen and oxygen atoms in total. The quantitative estimate of drug-likeness (QED) is 0.646. The lowest BCUT2D eigenvalue weighted by atomic mass is 9.96. The Morgan fingerprint density at radius 1 is 1.19 bits per heavy atom. The lowest BCUT2D eigenvalue weighted by Crippen LogP contribution is -2.41. The topological polar surface area (TPSA) is 118 Å². The van der Waals surface area contributed by atoms with Crippen molar-refractivity contribution < 1.29 is 4.79 Å². The summed E-state index contributed by atoms with van der Waals surface area (Å²) in [4.78, 5) is 25.4. The van der Waals surface area contributed by atoms with Crippen molar-refractivity contribution in [3.8, 4) is 5.82 Å². The minimum absolute atomic E-state index is 0.0467. The molecule has 4 rings (SSSR count). The van der Waals surface area contributed by atoms with Gasteiger partial charge in [0, 0.05) is 43.9 Å². The van der Waals surface area contributed by atoms with Crippen LogP contribution in [-0.2, 0) is 11.2 Å². The van der Waals surface area contributed by atoms with Crippen LogP contribution in [0.4, 0.5) is 5.82 Å². The van der Waals surface area contributed by atoms with E-state index in [0.717, 1.165) is 43.9 Å². The van der Waals surface area contributed by atoms with Crippen molar-refractivity contribution in [1.29, 1.82) is 0 Å². The van der Waals surface area contributed by atoms with Crippen LogP contribution in [0.5, 0.6) is 0 Å². The molecule has 10 heteroatoms. The molecule has 0 radical (unpaired) electrons. The van der Waals surface area contributed by atoms with Crippen molar-refractivity contribution in [2.75, 3.05) is 24.5 Å². The zero-order valence-electron chi connectivity index (χ0n) is 14.8. The molecule has 0 unspecified atom stereocenters. The second-order valence-electron chi connectivity index (χ2n) is 6.47. The summed E-state index contributed by atoms with van der Waals surface area (Å²) in [6, 6.07) is 3.79. The Kier molecular flexibility index (Phi) is 5.04. The van der Waals surface area contributed by atoms with E-state index in [4.69, 9.17) is 0 Å². The molecule has 1 fully saturated rings. The molecule has 0 saturated carbocycles. The van der Waals surface area contributed by atoms with Crippen LogP contribution in [0.15, 0.2) is 37.3 Å². The van der Waals surface area contributed by atoms with Crippen LogP contribution in [-0.4, -0.2) is 60.5 Å². The third-order valence-corrected chi connectivity index (χ3v) is 4.73. The number of H-pyrrole nitrogens is 1. The van der Waals surface area contributed by atoms with E-state index in [9.17, 15) is 4.79 Å². The van der Waals surface area contributed by atoms with Crippen LogP contribution < -0.4 is 10.2 Å². The fraction of sp³-hybridized carbons (Fsp3) is 0.412. The predicted octanol–water partition coefficient (Wildman–Crippen LogP) is 0.356. The molecule has 2 N–H and O–H groups in total. The summed E-state index contributed by atoms with van der Waals surface area (Å²) in [6.45, 7) is 2.20. The molecule has 4 heterocycles. The summed E-state index contributed by atoms with van der Waals surface area (Å²) in [5.41, 5.74) is 1.03. The first-order valence-corrected chi connectivity index (χ1v) is 8.98. The van der Waals surface area contributed by atoms with Crippen molar-refractivity contribution in [1.82, 2.24) is 40.2 Å². The summed E-state index contributed by atoms with van der Waals surface area (Å²) in [7, 11) is 0. The van der Waals surface area contributed by atoms with Gasteiger partial charge in [0.05, 0.1) is 6.33 Å². The van der Waals surface area contributed by atoms with Crippen molar-refractivity contribution >= 4 is 11.7 Å². The molecule has 0 spiro atoms. The maximum absolute atomic E-state index is 12.3. The smallest absolute Gasteiger partial charge is 0.223 e. The Morgan fingerprint density at radius 2 is 2.00 bits per heavy atom. The fourth-order valence-electron chi connectivity index (χ4n) is 3.19. The number of amides is 1. The minimum Gasteiger partial charge on any atom is -0.355 e. The number of aromatic amines is 1. The second kappa shape index (κ2) is 7.94. The van der Waals surface area contributed by atoms with Gasteiger partial charge in [0.15, 0.2) is 11.6 Å². The van der Waals surface area contributed by atoms with Gasteiger partial charge in [-0.25, -0.2) is 14.6 Å². The average molecular weight is 367 g/mol. The van der Waals surface area contributed by atoms with E-state index in [1.807, 2.05) is 12.1 Å². The zero-order valence-corrected chi connectivity index (χ0v) is 14.8. The van der Waals surface area contributed by atoms with E-state index in [0.29, 0.717) is 12.4 Å². The molecule has 3 aromatic rings. The monoisotopic (exact) mass is 367 g/mol. The molecule has 1 aliphatic rings. The summed E-state index contributed by atoms with van der Waals surface area (Å²) >= 11 is 0. The number of hydrogen-bond acceptors (Lipinski definition) is 7. The predicted molar refractivity (Wildman–Crippen MR) is 97.2 cm³/mol. The lowest BCUT2D eigenvalue weighted by Gasteiger charge is -2.31. The van der Waals surface area contributed by atoms with Gasteiger partial charge in [0.1, 0.15) is 12.7 Å². The Bertz CT molecular complexity index is 837. The van der Waals surface area contributed by atoms with Gasteiger partial charge in [-0.05, 0) is 25.0 Å². The molecule has 1 amide bonds. The van der Waals surface area contributed by atoms with Gasteiger partial charge in [-0.3, -0.25) is 4.79 Å². The number of anilines is 1. The Labute approximate surface area is 156 Å². The number of carbonyl (C=O) groups excluding carboxylic acids is 1. The summed E-state index contributed by atoms with van der Waals surface area (Å²) < 4.78 is 1.57. The molecule has 27 heavy (non-hydrogen) atoms. The van der Waals surface area contributed by atoms with E-state index in [-0.39, 0.29) is 11.8 Å². The van der Waals surface area contributed by atoms with Crippen LogP contribution in [0.1, 0.15) is 18.5 Å². The zero-order chi connectivity index (χ0) is 18.5. The molecule has 1 saturated heterocycles. The maximum Gasteiger partial charge on any atom is 0.223 e. The standard InChI is InChI=1S/C17H21N9O/c27-17(20-6-3-14-9-18-10-21-14)13-4-7-25(8-5-13)15-1-2-16(24-23-15)26-12-19-11-22-26/h1-2,9-13H,3-8H2,(H,18,21)(H,20,27). The lowest BCUT2D eigenvalue weighted by molar-refractivity contribution is -0.125. The number of piperidine rings is 1. The van der Waals surface area contributed by atoms with Crippen molar-refractivity contribution in [2.45, 2.75) is 19.3 Å². The first-order valence-electron chi connectivity index (χ1n) is 8.98. The molecule has 0 aromatic carbocycles. The van der Waals surface area contributed by atoms with Crippen LogP contribution in [0.25, 0.3) is 5.82 Å². The number of carbonyl (C=O) groups is 1. The van der Waals surface area contributed by atoms with Gasteiger partial charge in [-0.1, -0.05) is 0 Å². The van der Waals surface area contributed by atoms with Crippen LogP contribution in [0, 0.1) is 5.92 Å². The summed E-state index contributed by atoms with van der Waals surface area (Å²) in [5.74, 6) is 1.62. The van der Waals surface area contributed by atoms with Crippen LogP contribution in [0.2, 0.25) is 0 Å². The molecule has 0 aliphatic carbocycles. The van der Waals surface area contributed by atoms with E-state index >= 15 is 0 Å². The highest BCUT2D eigenvalue weighted by atomic mass is 16.1. The van der Waals surface area contributed by atoms with Gasteiger partial charge < -0.3 is 15.2 Å². The Morgan fingerprint density at radius 3 is 2.67 bits per heavy atom. The van der Waals surface area contributed by atoms with Crippen molar-refractivity contribution in [3.05, 3.63) is 43.0 Å². The second-order valence-corrected chi connectivity index (χ2v) is 6.47. The number of rotatable bonds is 6. The van der Waals surface area contributed by atoms with Crippen molar-refractivity contribution in [2.24, 2.45) is 5.92 Å². The average Bonchev–Trinajstić information content (AvgIpc) is 3.42. The van der Waals surface area contributed by atoms with Gasteiger partial charge in [-0.2, -0.15) is 5.10 Å². The molecular weight excluding hydrogens is 346 g/mol. The van der Waals surface area contributed by atoms with Crippen molar-refractivity contribution in [3.63, 3.8) is 0 Å². The van der Waals surface area contributed by atoms with Gasteiger partial charge >= 0.3 is 0 Å². The summed E-state index contributed by atoms with van der Waals surface area (Å²) in [6.07, 6.45) is 8.84. The number of nitrogens with zero attached hydrogens (tertiary/aromatic N) is 7. The number of aromatic nitrogens is 7. The maximum atomic E-state index is 12.3. The fourth-order valence-corrected chi connectivity index (χ4v) is 3.19. The molecule has 0 atom stereocenters. The highest BCUT2D eigenvalue weighted by molar-refractivity contribution is 5.78. The largest absolute Gasteiger partial charge is 0.355 e. The molecule has 3 aromatic heterocycles. The number of imidazole rings is 1. The van der Waals surface area contributed by atoms with E-state index in [2.05, 4.69) is 40.5 Å². The van der Waals surface area contributed by atoms with Crippen LogP contribution in [0.3, 0.4) is 0 Å². The SMILES string of the molecule is O=C(NCCc1cnc[nH]1)C1CCN(c2ccc(-n3cncn3)nn2)CC1. The Hall–Kier alpha value is -3.30. The van der Waals surface area contributed by atoms with Gasteiger partial charge in [0.25, 0.3) is 0 Å². The minimum atomic E-state index is 0.0467. The first-order chi connectivity index (χ1) is 13.3. The van der Waals surface area contributed by atoms with Crippen LogP contribution >= 0.6 is 0 Å². The Balaban J connectivity index is 1.25. The van der Waals surface area contributed by atoms with E-state index < -0.39 is 0 Å². The highest BCUT2D eigenvalue weighted by Gasteiger charge is 2.25. The van der Waals surface area contributed by atoms with E-state index in [1.165, 1.54) is 6.33 Å². The van der Waals surface area contributed by atoms with Gasteiger partial charge in [0.2, 0.25) is 5.91 Å². The first kappa shape index (κ1) is 17.1. The molecular formula is C17H21N9O. The third kappa shape index (κ3) is 4.10. The third-order valence-electron chi connectivity index (χ3n) is 4.73. The number of nitrogens with one attached hydrogen (secondary N) is 2. The normalized spacial score (nSPS) is 15.0. The molecule has 140 valence electrons. The molecule has 1 aliphatic heterocycles.